The predicted molar refractivity (Wildman–Crippen MR) is 122 cm³/mol. The molecule has 0 heterocycles. The monoisotopic (exact) mass is 438 g/mol. The fourth-order valence-electron chi connectivity index (χ4n) is 3.15. The van der Waals surface area contributed by atoms with Crippen molar-refractivity contribution >= 4 is 21.6 Å². The number of sulfonamides is 1. The minimum atomic E-state index is -3.79. The van der Waals surface area contributed by atoms with Gasteiger partial charge in [-0.1, -0.05) is 42.8 Å². The van der Waals surface area contributed by atoms with Crippen molar-refractivity contribution in [2.75, 3.05) is 11.8 Å². The summed E-state index contributed by atoms with van der Waals surface area (Å²) in [4.78, 5) is 12.9. The Morgan fingerprint density at radius 2 is 1.68 bits per heavy atom. The average molecular weight is 439 g/mol. The maximum Gasteiger partial charge on any atom is 0.261 e. The lowest BCUT2D eigenvalue weighted by Crippen LogP contribution is -2.28. The summed E-state index contributed by atoms with van der Waals surface area (Å²) in [5.41, 5.74) is 2.87. The number of rotatable bonds is 8. The van der Waals surface area contributed by atoms with Gasteiger partial charge in [0.2, 0.25) is 0 Å². The van der Waals surface area contributed by atoms with Gasteiger partial charge in [-0.15, -0.1) is 0 Å². The van der Waals surface area contributed by atoms with Gasteiger partial charge in [-0.05, 0) is 61.4 Å². The number of hydrogen-bond acceptors (Lipinski definition) is 4. The van der Waals surface area contributed by atoms with Crippen LogP contribution in [0.5, 0.6) is 5.75 Å². The van der Waals surface area contributed by atoms with Gasteiger partial charge in [0.1, 0.15) is 5.75 Å². The molecule has 3 aromatic carbocycles. The molecular formula is C24H26N2O4S. The predicted octanol–water partition coefficient (Wildman–Crippen LogP) is 4.69. The van der Waals surface area contributed by atoms with E-state index in [0.717, 1.165) is 17.5 Å². The highest BCUT2D eigenvalue weighted by atomic mass is 32.2. The number of carbonyl (C=O) groups is 1. The summed E-state index contributed by atoms with van der Waals surface area (Å²) in [6.45, 7) is 4.02. The highest BCUT2D eigenvalue weighted by molar-refractivity contribution is 7.92. The van der Waals surface area contributed by atoms with Crippen LogP contribution in [-0.4, -0.2) is 21.4 Å². The molecule has 7 heteroatoms. The molecule has 0 spiro atoms. The number of anilines is 1. The molecule has 2 N–H and O–H groups in total. The first-order chi connectivity index (χ1) is 14.8. The number of amides is 1. The van der Waals surface area contributed by atoms with Crippen LogP contribution in [0.4, 0.5) is 5.69 Å². The van der Waals surface area contributed by atoms with Crippen molar-refractivity contribution in [1.82, 2.24) is 5.32 Å². The van der Waals surface area contributed by atoms with Crippen LogP contribution in [0, 0.1) is 6.92 Å². The number of nitrogens with one attached hydrogen (secondary N) is 2. The molecule has 162 valence electrons. The summed E-state index contributed by atoms with van der Waals surface area (Å²) in [5, 5.41) is 3.02. The molecule has 0 unspecified atom stereocenters. The van der Waals surface area contributed by atoms with Crippen LogP contribution < -0.4 is 14.8 Å². The minimum absolute atomic E-state index is 0.105. The fraction of sp³-hybridized carbons (Fsp3) is 0.208. The van der Waals surface area contributed by atoms with Crippen molar-refractivity contribution < 1.29 is 17.9 Å². The number of carbonyl (C=O) groups excluding carboxylic acids is 1. The average Bonchev–Trinajstić information content (AvgIpc) is 2.78. The van der Waals surface area contributed by atoms with Gasteiger partial charge in [-0.25, -0.2) is 8.42 Å². The van der Waals surface area contributed by atoms with E-state index < -0.39 is 10.0 Å². The fourth-order valence-corrected chi connectivity index (χ4v) is 4.20. The second-order valence-electron chi connectivity index (χ2n) is 7.21. The first-order valence-electron chi connectivity index (χ1n) is 9.96. The molecule has 1 atom stereocenters. The number of hydrogen-bond donors (Lipinski definition) is 2. The van der Waals surface area contributed by atoms with Gasteiger partial charge in [-0.2, -0.15) is 0 Å². The van der Waals surface area contributed by atoms with Crippen molar-refractivity contribution in [2.45, 2.75) is 31.2 Å². The lowest BCUT2D eigenvalue weighted by molar-refractivity contribution is 0.0935. The SMILES string of the molecule is CC[C@H](NC(=O)c1cccc(NS(=O)(=O)c2ccc(OC)cc2)c1)c1ccc(C)cc1. The lowest BCUT2D eigenvalue weighted by atomic mass is 10.0. The van der Waals surface area contributed by atoms with Crippen molar-refractivity contribution in [3.63, 3.8) is 0 Å². The van der Waals surface area contributed by atoms with Crippen LogP contribution in [0.1, 0.15) is 40.9 Å². The summed E-state index contributed by atoms with van der Waals surface area (Å²) < 4.78 is 32.9. The highest BCUT2D eigenvalue weighted by Gasteiger charge is 2.17. The molecule has 3 aromatic rings. The van der Waals surface area contributed by atoms with Crippen LogP contribution in [0.2, 0.25) is 0 Å². The normalized spacial score (nSPS) is 12.1. The molecule has 1 amide bonds. The Balaban J connectivity index is 1.75. The largest absolute Gasteiger partial charge is 0.497 e. The minimum Gasteiger partial charge on any atom is -0.497 e. The summed E-state index contributed by atoms with van der Waals surface area (Å²) in [7, 11) is -2.28. The number of ether oxygens (including phenoxy) is 1. The zero-order valence-electron chi connectivity index (χ0n) is 17.8. The maximum absolute atomic E-state index is 12.8. The van der Waals surface area contributed by atoms with Crippen molar-refractivity contribution in [1.29, 1.82) is 0 Å². The third-order valence-electron chi connectivity index (χ3n) is 4.94. The van der Waals surface area contributed by atoms with E-state index >= 15 is 0 Å². The van der Waals surface area contributed by atoms with E-state index in [9.17, 15) is 13.2 Å². The molecule has 31 heavy (non-hydrogen) atoms. The van der Waals surface area contributed by atoms with Gasteiger partial charge >= 0.3 is 0 Å². The second-order valence-corrected chi connectivity index (χ2v) is 8.89. The molecular weight excluding hydrogens is 412 g/mol. The van der Waals surface area contributed by atoms with E-state index in [1.807, 2.05) is 38.1 Å². The Hall–Kier alpha value is -3.32. The van der Waals surface area contributed by atoms with Crippen LogP contribution in [-0.2, 0) is 10.0 Å². The Kier molecular flexibility index (Phi) is 6.97. The van der Waals surface area contributed by atoms with Crippen LogP contribution in [0.3, 0.4) is 0 Å². The second kappa shape index (κ2) is 9.66. The number of aryl methyl sites for hydroxylation is 1. The molecule has 6 nitrogen and oxygen atoms in total. The van der Waals surface area contributed by atoms with E-state index in [2.05, 4.69) is 10.0 Å². The summed E-state index contributed by atoms with van der Waals surface area (Å²) in [5.74, 6) is 0.301. The van der Waals surface area contributed by atoms with Gasteiger partial charge in [-0.3, -0.25) is 9.52 Å². The van der Waals surface area contributed by atoms with Gasteiger partial charge in [0.15, 0.2) is 0 Å². The molecule has 0 fully saturated rings. The Morgan fingerprint density at radius 1 is 1.00 bits per heavy atom. The highest BCUT2D eigenvalue weighted by Crippen LogP contribution is 2.21. The van der Waals surface area contributed by atoms with Gasteiger partial charge in [0, 0.05) is 11.3 Å². The Morgan fingerprint density at radius 3 is 2.29 bits per heavy atom. The molecule has 0 bridgehead atoms. The zero-order valence-corrected chi connectivity index (χ0v) is 18.6. The molecule has 0 saturated carbocycles. The molecule has 0 aliphatic heterocycles. The number of benzene rings is 3. The van der Waals surface area contributed by atoms with Crippen molar-refractivity contribution in [2.24, 2.45) is 0 Å². The maximum atomic E-state index is 12.8. The van der Waals surface area contributed by atoms with Crippen LogP contribution in [0.15, 0.2) is 77.7 Å². The lowest BCUT2D eigenvalue weighted by Gasteiger charge is -2.18. The molecule has 0 radical (unpaired) electrons. The molecule has 3 rings (SSSR count). The van der Waals surface area contributed by atoms with Gasteiger partial charge in [0.05, 0.1) is 18.0 Å². The first kappa shape index (κ1) is 22.4. The molecule has 0 saturated heterocycles. The Labute approximate surface area is 183 Å². The topological polar surface area (TPSA) is 84.5 Å². The summed E-state index contributed by atoms with van der Waals surface area (Å²) >= 11 is 0. The van der Waals surface area contributed by atoms with E-state index in [-0.39, 0.29) is 16.8 Å². The van der Waals surface area contributed by atoms with E-state index in [4.69, 9.17) is 4.74 Å². The van der Waals surface area contributed by atoms with E-state index in [1.54, 1.807) is 30.3 Å². The van der Waals surface area contributed by atoms with Crippen LogP contribution >= 0.6 is 0 Å². The van der Waals surface area contributed by atoms with Gasteiger partial charge in [0.25, 0.3) is 15.9 Å². The smallest absolute Gasteiger partial charge is 0.261 e. The summed E-state index contributed by atoms with van der Waals surface area (Å²) in [6.07, 6.45) is 0.735. The standard InChI is InChI=1S/C24H26N2O4S/c1-4-23(18-10-8-17(2)9-11-18)25-24(27)19-6-5-7-20(16-19)26-31(28,29)22-14-12-21(30-3)13-15-22/h5-16,23,26H,4H2,1-3H3,(H,25,27)/t23-/m0/s1. The molecule has 0 aromatic heterocycles. The van der Waals surface area contributed by atoms with Crippen LogP contribution in [0.25, 0.3) is 0 Å². The Bertz CT molecular complexity index is 1140. The van der Waals surface area contributed by atoms with E-state index in [0.29, 0.717) is 17.0 Å². The summed E-state index contributed by atoms with van der Waals surface area (Å²) in [6, 6.07) is 20.4. The molecule has 0 aliphatic carbocycles. The number of methoxy groups -OCH3 is 1. The third-order valence-corrected chi connectivity index (χ3v) is 6.34. The van der Waals surface area contributed by atoms with Crippen molar-refractivity contribution in [3.8, 4) is 5.75 Å². The zero-order chi connectivity index (χ0) is 22.4. The first-order valence-corrected chi connectivity index (χ1v) is 11.4. The van der Waals surface area contributed by atoms with Gasteiger partial charge < -0.3 is 10.1 Å². The molecule has 0 aliphatic rings. The van der Waals surface area contributed by atoms with E-state index in [1.165, 1.54) is 25.3 Å². The van der Waals surface area contributed by atoms with Crippen molar-refractivity contribution in [3.05, 3.63) is 89.5 Å². The third kappa shape index (κ3) is 5.64. The quantitative estimate of drug-likeness (QED) is 0.535.